The van der Waals surface area contributed by atoms with Gasteiger partial charge in [0.1, 0.15) is 11.6 Å². The van der Waals surface area contributed by atoms with Crippen LogP contribution in [0.1, 0.15) is 0 Å². The Bertz CT molecular complexity index is 2880. The van der Waals surface area contributed by atoms with Gasteiger partial charge >= 0.3 is 0 Å². The lowest BCUT2D eigenvalue weighted by Gasteiger charge is -2.14. The minimum absolute atomic E-state index is 0.187. The fraction of sp³-hybridized carbons (Fsp3) is 0. The van der Waals surface area contributed by atoms with Gasteiger partial charge in [-0.3, -0.25) is 0 Å². The summed E-state index contributed by atoms with van der Waals surface area (Å²) in [4.78, 5) is 0. The molecule has 7 aromatic carbocycles. The molecule has 9 aromatic rings. The predicted octanol–water partition coefficient (Wildman–Crippen LogP) is 10.2. The number of halogens is 2. The van der Waals surface area contributed by atoms with Crippen molar-refractivity contribution >= 4 is 85.9 Å². The van der Waals surface area contributed by atoms with Gasteiger partial charge in [-0.25, -0.2) is 8.78 Å². The summed E-state index contributed by atoms with van der Waals surface area (Å²) in [6.07, 6.45) is 0. The number of fused-ring (bicyclic) bond motifs is 8. The highest BCUT2D eigenvalue weighted by Crippen LogP contribution is 2.45. The van der Waals surface area contributed by atoms with Crippen molar-refractivity contribution in [3.8, 4) is 0 Å². The van der Waals surface area contributed by atoms with E-state index in [1.54, 1.807) is 46.9 Å². The molecule has 184 valence electrons. The van der Waals surface area contributed by atoms with E-state index in [1.807, 2.05) is 12.1 Å². The highest BCUT2D eigenvalue weighted by molar-refractivity contribution is 7.17. The van der Waals surface area contributed by atoms with Gasteiger partial charge < -0.3 is 0 Å². The maximum atomic E-state index is 14.0. The average molecular weight is 549 g/mol. The van der Waals surface area contributed by atoms with Crippen LogP contribution in [0.3, 0.4) is 0 Å². The molecule has 2 aliphatic rings. The van der Waals surface area contributed by atoms with Gasteiger partial charge in [-0.15, -0.1) is 22.7 Å². The zero-order chi connectivity index (χ0) is 26.0. The number of hydrogen-bond donors (Lipinski definition) is 0. The smallest absolute Gasteiger partial charge is 0.124 e. The molecule has 2 aromatic heterocycles. The Morgan fingerprint density at radius 1 is 0.375 bits per heavy atom. The molecular weight excluding hydrogens is 535 g/mol. The van der Waals surface area contributed by atoms with Gasteiger partial charge in [-0.2, -0.15) is 0 Å². The summed E-state index contributed by atoms with van der Waals surface area (Å²) in [5.74, 6) is -0.374. The molecule has 0 bridgehead atoms. The van der Waals surface area contributed by atoms with Crippen LogP contribution in [-0.4, -0.2) is 0 Å². The standard InChI is InChI=1S/C36H14F2S2/c37-15-1-3-21-27(13-15)39-35-25-11-7-19-20-8-12-26-32-24(34-22-4-2-16(38)14-28(22)40-36(26)34)10-6-18(30(20)32)17-5-9-23(33(21)35)31(25)29(17)19/h1-14H. The van der Waals surface area contributed by atoms with Crippen LogP contribution in [0, 0.1) is 52.0 Å². The largest absolute Gasteiger partial charge is 0.207 e. The Labute approximate surface area is 230 Å². The lowest BCUT2D eigenvalue weighted by molar-refractivity contribution is 0.629. The molecule has 40 heavy (non-hydrogen) atoms. The van der Waals surface area contributed by atoms with Gasteiger partial charge in [0.2, 0.25) is 0 Å². The molecule has 2 aliphatic carbocycles. The van der Waals surface area contributed by atoms with E-state index in [1.165, 1.54) is 83.5 Å². The summed E-state index contributed by atoms with van der Waals surface area (Å²) in [5, 5.41) is 20.1. The number of thiophene rings is 2. The van der Waals surface area contributed by atoms with E-state index < -0.39 is 0 Å². The van der Waals surface area contributed by atoms with Crippen LogP contribution in [-0.2, 0) is 0 Å². The van der Waals surface area contributed by atoms with E-state index in [4.69, 9.17) is 0 Å². The molecule has 0 nitrogen and oxygen atoms in total. The molecule has 0 N–H and O–H groups in total. The van der Waals surface area contributed by atoms with E-state index in [0.717, 1.165) is 20.2 Å². The van der Waals surface area contributed by atoms with E-state index in [0.29, 0.717) is 0 Å². The predicted molar refractivity (Wildman–Crippen MR) is 162 cm³/mol. The summed E-state index contributed by atoms with van der Waals surface area (Å²) in [5.41, 5.74) is 0. The number of rotatable bonds is 0. The van der Waals surface area contributed by atoms with Crippen LogP contribution >= 0.6 is 22.7 Å². The van der Waals surface area contributed by atoms with Gasteiger partial charge in [0.15, 0.2) is 0 Å². The van der Waals surface area contributed by atoms with Crippen molar-refractivity contribution in [3.05, 3.63) is 137 Å². The van der Waals surface area contributed by atoms with Crippen molar-refractivity contribution in [2.24, 2.45) is 0 Å². The fourth-order valence-electron chi connectivity index (χ4n) is 7.74. The average Bonchev–Trinajstić information content (AvgIpc) is 3.68. The van der Waals surface area contributed by atoms with Gasteiger partial charge in [0, 0.05) is 50.1 Å². The molecule has 0 amide bonds. The Kier molecular flexibility index (Phi) is 3.33. The molecule has 0 saturated carbocycles. The van der Waals surface area contributed by atoms with E-state index >= 15 is 0 Å². The lowest BCUT2D eigenvalue weighted by Crippen LogP contribution is -1.89. The van der Waals surface area contributed by atoms with E-state index in [9.17, 15) is 8.78 Å². The first kappa shape index (κ1) is 20.5. The lowest BCUT2D eigenvalue weighted by atomic mass is 9.88. The summed E-state index contributed by atoms with van der Waals surface area (Å²) >= 11 is 3.39. The maximum absolute atomic E-state index is 14.0. The molecule has 4 heteroatoms. The summed E-state index contributed by atoms with van der Waals surface area (Å²) in [6, 6.07) is 28.6. The Hall–Kier alpha value is -4.38. The second-order valence-corrected chi connectivity index (χ2v) is 13.1. The van der Waals surface area contributed by atoms with E-state index in [2.05, 4.69) is 48.5 Å². The van der Waals surface area contributed by atoms with Crippen molar-refractivity contribution in [2.75, 3.05) is 0 Å². The molecule has 0 saturated heterocycles. The van der Waals surface area contributed by atoms with Gasteiger partial charge in [-0.1, -0.05) is 48.5 Å². The van der Waals surface area contributed by atoms with Crippen molar-refractivity contribution < 1.29 is 8.78 Å². The van der Waals surface area contributed by atoms with Gasteiger partial charge in [0.25, 0.3) is 0 Å². The molecular formula is C36H14F2S2. The Morgan fingerprint density at radius 3 is 1.18 bits per heavy atom. The summed E-state index contributed by atoms with van der Waals surface area (Å²) < 4.78 is 32.6. The van der Waals surface area contributed by atoms with Crippen molar-refractivity contribution in [1.29, 1.82) is 0 Å². The normalized spacial score (nSPS) is 13.2. The molecule has 0 fully saturated rings. The van der Waals surface area contributed by atoms with Crippen LogP contribution in [0.5, 0.6) is 0 Å². The van der Waals surface area contributed by atoms with E-state index in [-0.39, 0.29) is 11.6 Å². The SMILES string of the molecule is Fc1ccc2c3c(sc2c1)=c1ccc2c4ccc5c6c(ccc(c7ccc=3c1c27)c64)=c1c=5sc2cc(F)ccc12. The molecule has 11 rings (SSSR count). The minimum atomic E-state index is -0.187. The second-order valence-electron chi connectivity index (χ2n) is 11.0. The van der Waals surface area contributed by atoms with Crippen molar-refractivity contribution in [3.63, 3.8) is 0 Å². The van der Waals surface area contributed by atoms with Crippen LogP contribution in [0.4, 0.5) is 8.78 Å². The first-order chi connectivity index (χ1) is 19.7. The highest BCUT2D eigenvalue weighted by Gasteiger charge is 2.21. The summed E-state index contributed by atoms with van der Waals surface area (Å²) in [6.45, 7) is 0. The monoisotopic (exact) mass is 548 g/mol. The zero-order valence-electron chi connectivity index (χ0n) is 20.7. The zero-order valence-corrected chi connectivity index (χ0v) is 22.3. The fourth-order valence-corrected chi connectivity index (χ4v) is 10.3. The number of benzene rings is 7. The first-order valence-electron chi connectivity index (χ1n) is 13.3. The topological polar surface area (TPSA) is 0 Å². The van der Waals surface area contributed by atoms with Gasteiger partial charge in [0.05, 0.1) is 0 Å². The molecule has 0 aliphatic heterocycles. The van der Waals surface area contributed by atoms with Crippen LogP contribution in [0.2, 0.25) is 0 Å². The first-order valence-corrected chi connectivity index (χ1v) is 14.9. The third kappa shape index (κ3) is 2.13. The minimum Gasteiger partial charge on any atom is -0.207 e. The number of hydrogen-bond acceptors (Lipinski definition) is 2. The second kappa shape index (κ2) is 6.49. The van der Waals surface area contributed by atoms with Crippen molar-refractivity contribution in [2.45, 2.75) is 0 Å². The van der Waals surface area contributed by atoms with Crippen LogP contribution in [0.15, 0.2) is 84.9 Å². The molecule has 0 atom stereocenters. The third-order valence-electron chi connectivity index (χ3n) is 9.23. The Morgan fingerprint density at radius 2 is 0.750 bits per heavy atom. The quantitative estimate of drug-likeness (QED) is 0.131. The molecule has 0 radical (unpaired) electrons. The molecule has 0 spiro atoms. The highest BCUT2D eigenvalue weighted by atomic mass is 32.1. The van der Waals surface area contributed by atoms with Crippen LogP contribution in [0.25, 0.3) is 63.3 Å². The third-order valence-corrected chi connectivity index (χ3v) is 11.6. The summed E-state index contributed by atoms with van der Waals surface area (Å²) in [7, 11) is 0. The Balaban J connectivity index is 1.41. The van der Waals surface area contributed by atoms with Crippen molar-refractivity contribution in [1.82, 2.24) is 0 Å². The molecule has 0 unspecified atom stereocenters. The van der Waals surface area contributed by atoms with Crippen LogP contribution < -0.4 is 0 Å². The maximum Gasteiger partial charge on any atom is 0.124 e. The van der Waals surface area contributed by atoms with Gasteiger partial charge in [-0.05, 0) is 89.9 Å². The molecule has 2 heterocycles.